The standard InChI is InChI=1S/C15H13Br2NO4/c1-6-4-2-3-5-7(6)18-14(19)8-9(15(20)21)13-11(17)10(16)12(8)22-13/h2-5,8-9,12-13H,1H3,(H,18,19)(H,20,21)/t8-,9-,12+,13+/m0/s1. The molecule has 0 spiro atoms. The summed E-state index contributed by atoms with van der Waals surface area (Å²) in [6, 6.07) is 7.37. The predicted octanol–water partition coefficient (Wildman–Crippen LogP) is 3.03. The average molecular weight is 431 g/mol. The molecular formula is C15H13Br2NO4. The van der Waals surface area contributed by atoms with Gasteiger partial charge in [-0.15, -0.1) is 0 Å². The molecule has 1 fully saturated rings. The summed E-state index contributed by atoms with van der Waals surface area (Å²) in [4.78, 5) is 24.2. The SMILES string of the molecule is Cc1ccccc1NC(=O)[C@H]1[C@H](C(=O)O)[C@H]2O[C@H]1C(Br)=C2Br. The van der Waals surface area contributed by atoms with Gasteiger partial charge < -0.3 is 15.2 Å². The van der Waals surface area contributed by atoms with Crippen LogP contribution in [0.2, 0.25) is 0 Å². The number of halogens is 2. The van der Waals surface area contributed by atoms with Gasteiger partial charge in [0.1, 0.15) is 18.1 Å². The van der Waals surface area contributed by atoms with Crippen LogP contribution in [0.25, 0.3) is 0 Å². The average Bonchev–Trinajstić information content (AvgIpc) is 2.99. The minimum atomic E-state index is -1.03. The van der Waals surface area contributed by atoms with Gasteiger partial charge in [-0.05, 0) is 18.6 Å². The lowest BCUT2D eigenvalue weighted by molar-refractivity contribution is -0.146. The molecule has 7 heteroatoms. The second-order valence-electron chi connectivity index (χ2n) is 5.37. The number of rotatable bonds is 3. The number of carboxylic acids is 1. The Morgan fingerprint density at radius 2 is 1.73 bits per heavy atom. The third kappa shape index (κ3) is 2.41. The smallest absolute Gasteiger partial charge is 0.310 e. The highest BCUT2D eigenvalue weighted by Gasteiger charge is 2.58. The zero-order valence-corrected chi connectivity index (χ0v) is 14.7. The van der Waals surface area contributed by atoms with Crippen LogP contribution < -0.4 is 5.32 Å². The molecule has 3 rings (SSSR count). The first-order valence-corrected chi connectivity index (χ1v) is 8.30. The van der Waals surface area contributed by atoms with E-state index in [0.29, 0.717) is 14.7 Å². The quantitative estimate of drug-likeness (QED) is 0.772. The fourth-order valence-electron chi connectivity index (χ4n) is 2.92. The third-order valence-corrected chi connectivity index (χ3v) is 6.34. The predicted molar refractivity (Wildman–Crippen MR) is 88.0 cm³/mol. The van der Waals surface area contributed by atoms with E-state index in [0.717, 1.165) is 5.56 Å². The maximum Gasteiger partial charge on any atom is 0.310 e. The number of ether oxygens (including phenoxy) is 1. The van der Waals surface area contributed by atoms with Gasteiger partial charge in [-0.3, -0.25) is 9.59 Å². The fourth-order valence-corrected chi connectivity index (χ4v) is 4.16. The molecule has 0 saturated carbocycles. The summed E-state index contributed by atoms with van der Waals surface area (Å²) in [6.45, 7) is 1.88. The van der Waals surface area contributed by atoms with Crippen LogP contribution in [0.4, 0.5) is 5.69 Å². The van der Waals surface area contributed by atoms with E-state index < -0.39 is 30.0 Å². The normalized spacial score (nSPS) is 29.8. The summed E-state index contributed by atoms with van der Waals surface area (Å²) in [7, 11) is 0. The number of hydrogen-bond donors (Lipinski definition) is 2. The molecule has 2 heterocycles. The van der Waals surface area contributed by atoms with Gasteiger partial charge in [-0.1, -0.05) is 50.1 Å². The number of hydrogen-bond acceptors (Lipinski definition) is 3. The van der Waals surface area contributed by atoms with Crippen LogP contribution in [0.1, 0.15) is 5.56 Å². The van der Waals surface area contributed by atoms with Crippen molar-refractivity contribution in [2.45, 2.75) is 19.1 Å². The van der Waals surface area contributed by atoms with Crippen molar-refractivity contribution < 1.29 is 19.4 Å². The van der Waals surface area contributed by atoms with Crippen molar-refractivity contribution in [3.8, 4) is 0 Å². The number of para-hydroxylation sites is 1. The molecule has 1 saturated heterocycles. The summed E-state index contributed by atoms with van der Waals surface area (Å²) in [5.74, 6) is -3.04. The van der Waals surface area contributed by atoms with Crippen molar-refractivity contribution in [2.24, 2.45) is 11.8 Å². The van der Waals surface area contributed by atoms with Crippen LogP contribution in [0.15, 0.2) is 33.2 Å². The molecule has 5 nitrogen and oxygen atoms in total. The van der Waals surface area contributed by atoms with Crippen molar-refractivity contribution in [1.82, 2.24) is 0 Å². The zero-order chi connectivity index (χ0) is 16.0. The van der Waals surface area contributed by atoms with Crippen molar-refractivity contribution in [3.05, 3.63) is 38.8 Å². The van der Waals surface area contributed by atoms with E-state index in [-0.39, 0.29) is 5.91 Å². The second kappa shape index (κ2) is 5.79. The van der Waals surface area contributed by atoms with Gasteiger partial charge in [0.05, 0.1) is 5.92 Å². The first-order chi connectivity index (χ1) is 10.4. The number of fused-ring (bicyclic) bond motifs is 2. The summed E-state index contributed by atoms with van der Waals surface area (Å²) in [5, 5.41) is 12.3. The number of benzene rings is 1. The van der Waals surface area contributed by atoms with Crippen molar-refractivity contribution in [1.29, 1.82) is 0 Å². The maximum absolute atomic E-state index is 12.6. The molecule has 0 unspecified atom stereocenters. The summed E-state index contributed by atoms with van der Waals surface area (Å²) in [6.07, 6.45) is -1.19. The first-order valence-electron chi connectivity index (χ1n) is 6.71. The number of carbonyl (C=O) groups excluding carboxylic acids is 1. The first kappa shape index (κ1) is 15.7. The van der Waals surface area contributed by atoms with Gasteiger partial charge in [0, 0.05) is 14.7 Å². The van der Waals surface area contributed by atoms with Crippen LogP contribution in [-0.4, -0.2) is 29.2 Å². The number of anilines is 1. The molecule has 0 radical (unpaired) electrons. The summed E-state index contributed by atoms with van der Waals surface area (Å²) in [5.41, 5.74) is 1.60. The molecule has 0 aliphatic carbocycles. The molecular weight excluding hydrogens is 418 g/mol. The molecule has 22 heavy (non-hydrogen) atoms. The van der Waals surface area contributed by atoms with Crippen molar-refractivity contribution in [2.75, 3.05) is 5.32 Å². The molecule has 2 bridgehead atoms. The van der Waals surface area contributed by atoms with Crippen LogP contribution in [0, 0.1) is 18.8 Å². The monoisotopic (exact) mass is 429 g/mol. The van der Waals surface area contributed by atoms with E-state index in [1.807, 2.05) is 25.1 Å². The highest BCUT2D eigenvalue weighted by atomic mass is 79.9. The summed E-state index contributed by atoms with van der Waals surface area (Å²) < 4.78 is 7.04. The number of nitrogens with one attached hydrogen (secondary N) is 1. The molecule has 2 aliphatic rings. The van der Waals surface area contributed by atoms with E-state index in [9.17, 15) is 14.7 Å². The molecule has 1 aromatic carbocycles. The summed E-state index contributed by atoms with van der Waals surface area (Å²) >= 11 is 6.72. The topological polar surface area (TPSA) is 75.6 Å². The lowest BCUT2D eigenvalue weighted by atomic mass is 9.82. The number of carboxylic acid groups (broad SMARTS) is 1. The lowest BCUT2D eigenvalue weighted by Crippen LogP contribution is -2.41. The van der Waals surface area contributed by atoms with Gasteiger partial charge in [0.25, 0.3) is 0 Å². The molecule has 4 atom stereocenters. The molecule has 0 aromatic heterocycles. The van der Waals surface area contributed by atoms with Crippen molar-refractivity contribution in [3.63, 3.8) is 0 Å². The van der Waals surface area contributed by atoms with Gasteiger partial charge in [0.2, 0.25) is 5.91 Å². The largest absolute Gasteiger partial charge is 0.481 e. The van der Waals surface area contributed by atoms with E-state index in [2.05, 4.69) is 37.2 Å². The van der Waals surface area contributed by atoms with Crippen LogP contribution >= 0.6 is 31.9 Å². The number of aliphatic carboxylic acids is 1. The zero-order valence-electron chi connectivity index (χ0n) is 11.5. The Kier molecular flexibility index (Phi) is 4.13. The Hall–Kier alpha value is -1.18. The van der Waals surface area contributed by atoms with Gasteiger partial charge in [0.15, 0.2) is 0 Å². The molecule has 116 valence electrons. The van der Waals surface area contributed by atoms with Gasteiger partial charge in [-0.2, -0.15) is 0 Å². The van der Waals surface area contributed by atoms with E-state index in [1.54, 1.807) is 6.07 Å². The third-order valence-electron chi connectivity index (χ3n) is 4.05. The van der Waals surface area contributed by atoms with E-state index in [1.165, 1.54) is 0 Å². The Morgan fingerprint density at radius 3 is 2.32 bits per heavy atom. The Balaban J connectivity index is 1.89. The Bertz CT molecular complexity index is 688. The molecule has 2 aliphatic heterocycles. The van der Waals surface area contributed by atoms with Crippen LogP contribution in [0.3, 0.4) is 0 Å². The highest BCUT2D eigenvalue weighted by molar-refractivity contribution is 9.14. The Labute approximate surface area is 144 Å². The Morgan fingerprint density at radius 1 is 1.14 bits per heavy atom. The molecule has 1 amide bonds. The van der Waals surface area contributed by atoms with Gasteiger partial charge >= 0.3 is 5.97 Å². The minimum absolute atomic E-state index is 0.342. The molecule has 2 N–H and O–H groups in total. The van der Waals surface area contributed by atoms with Crippen LogP contribution in [-0.2, 0) is 14.3 Å². The minimum Gasteiger partial charge on any atom is -0.481 e. The van der Waals surface area contributed by atoms with Gasteiger partial charge in [-0.25, -0.2) is 0 Å². The van der Waals surface area contributed by atoms with E-state index >= 15 is 0 Å². The second-order valence-corrected chi connectivity index (χ2v) is 7.08. The van der Waals surface area contributed by atoms with Crippen LogP contribution in [0.5, 0.6) is 0 Å². The highest BCUT2D eigenvalue weighted by Crippen LogP contribution is 2.51. The van der Waals surface area contributed by atoms with E-state index in [4.69, 9.17) is 4.74 Å². The maximum atomic E-state index is 12.6. The molecule has 1 aromatic rings. The number of amides is 1. The van der Waals surface area contributed by atoms with Crippen molar-refractivity contribution >= 4 is 49.4 Å². The fraction of sp³-hybridized carbons (Fsp3) is 0.333. The number of aryl methyl sites for hydroxylation is 1. The lowest BCUT2D eigenvalue weighted by Gasteiger charge is -2.24. The number of carbonyl (C=O) groups is 2.